The lowest BCUT2D eigenvalue weighted by atomic mass is 9.94. The lowest BCUT2D eigenvalue weighted by Crippen LogP contribution is -2.49. The Morgan fingerprint density at radius 3 is 2.47 bits per heavy atom. The molecule has 0 spiro atoms. The Labute approximate surface area is 120 Å². The lowest BCUT2D eigenvalue weighted by Gasteiger charge is -2.30. The molecule has 2 rings (SSSR count). The molecule has 0 aliphatic heterocycles. The first-order valence-corrected chi connectivity index (χ1v) is 7.62. The van der Waals surface area contributed by atoms with Crippen molar-refractivity contribution in [2.75, 3.05) is 5.88 Å². The molecule has 0 radical (unpaired) electrons. The van der Waals surface area contributed by atoms with Crippen molar-refractivity contribution < 1.29 is 4.79 Å². The zero-order valence-electron chi connectivity index (χ0n) is 11.7. The SMILES string of the molecule is CCC(CC)(CCl)NC(=O)C1CC1c1ccccc1. The molecule has 1 aliphatic rings. The number of hydrogen-bond donors (Lipinski definition) is 1. The summed E-state index contributed by atoms with van der Waals surface area (Å²) in [6, 6.07) is 10.3. The van der Waals surface area contributed by atoms with E-state index in [-0.39, 0.29) is 17.4 Å². The number of nitrogens with one attached hydrogen (secondary N) is 1. The molecule has 0 bridgehead atoms. The average Bonchev–Trinajstić information content (AvgIpc) is 3.26. The summed E-state index contributed by atoms with van der Waals surface area (Å²) in [5.41, 5.74) is 1.04. The standard InChI is InChI=1S/C16H22ClNO/c1-3-16(4-2,11-17)18-15(19)14-10-13(14)12-8-6-5-7-9-12/h5-9,13-14H,3-4,10-11H2,1-2H3,(H,18,19). The van der Waals surface area contributed by atoms with Gasteiger partial charge >= 0.3 is 0 Å². The molecule has 1 amide bonds. The van der Waals surface area contributed by atoms with E-state index in [9.17, 15) is 4.79 Å². The monoisotopic (exact) mass is 279 g/mol. The van der Waals surface area contributed by atoms with Crippen LogP contribution in [0.15, 0.2) is 30.3 Å². The van der Waals surface area contributed by atoms with Crippen molar-refractivity contribution >= 4 is 17.5 Å². The van der Waals surface area contributed by atoms with Crippen LogP contribution in [0.3, 0.4) is 0 Å². The van der Waals surface area contributed by atoms with Crippen molar-refractivity contribution in [3.05, 3.63) is 35.9 Å². The number of rotatable bonds is 6. The van der Waals surface area contributed by atoms with Gasteiger partial charge in [-0.2, -0.15) is 0 Å². The molecule has 1 saturated carbocycles. The highest BCUT2D eigenvalue weighted by atomic mass is 35.5. The highest BCUT2D eigenvalue weighted by molar-refractivity contribution is 6.18. The Balaban J connectivity index is 1.96. The fourth-order valence-electron chi connectivity index (χ4n) is 2.56. The van der Waals surface area contributed by atoms with Crippen LogP contribution >= 0.6 is 11.6 Å². The molecule has 2 atom stereocenters. The fraction of sp³-hybridized carbons (Fsp3) is 0.562. The maximum absolute atomic E-state index is 12.3. The first-order valence-electron chi connectivity index (χ1n) is 7.08. The second-order valence-corrected chi connectivity index (χ2v) is 5.74. The summed E-state index contributed by atoms with van der Waals surface area (Å²) in [6.45, 7) is 4.15. The molecular weight excluding hydrogens is 258 g/mol. The van der Waals surface area contributed by atoms with E-state index in [2.05, 4.69) is 31.3 Å². The molecule has 3 heteroatoms. The Morgan fingerprint density at radius 2 is 1.95 bits per heavy atom. The molecule has 1 aliphatic carbocycles. The Kier molecular flexibility index (Phi) is 4.51. The maximum atomic E-state index is 12.3. The number of halogens is 1. The Hall–Kier alpha value is -1.02. The minimum Gasteiger partial charge on any atom is -0.349 e. The van der Waals surface area contributed by atoms with E-state index in [1.165, 1.54) is 5.56 Å². The lowest BCUT2D eigenvalue weighted by molar-refractivity contribution is -0.124. The zero-order valence-corrected chi connectivity index (χ0v) is 12.4. The largest absolute Gasteiger partial charge is 0.349 e. The van der Waals surface area contributed by atoms with E-state index in [0.717, 1.165) is 19.3 Å². The summed E-state index contributed by atoms with van der Waals surface area (Å²) >= 11 is 6.03. The summed E-state index contributed by atoms with van der Waals surface area (Å²) < 4.78 is 0. The molecule has 1 aromatic carbocycles. The molecular formula is C16H22ClNO. The molecule has 0 heterocycles. The van der Waals surface area contributed by atoms with Crippen molar-refractivity contribution in [1.29, 1.82) is 0 Å². The van der Waals surface area contributed by atoms with Crippen LogP contribution in [0, 0.1) is 5.92 Å². The van der Waals surface area contributed by atoms with Crippen LogP contribution in [-0.2, 0) is 4.79 Å². The van der Waals surface area contributed by atoms with Gasteiger partial charge in [-0.15, -0.1) is 11.6 Å². The zero-order chi connectivity index (χ0) is 13.9. The molecule has 2 unspecified atom stereocenters. The van der Waals surface area contributed by atoms with Gasteiger partial charge in [0.1, 0.15) is 0 Å². The Morgan fingerprint density at radius 1 is 1.32 bits per heavy atom. The van der Waals surface area contributed by atoms with Crippen LogP contribution < -0.4 is 5.32 Å². The van der Waals surface area contributed by atoms with Crippen LogP contribution in [0.4, 0.5) is 0 Å². The fourth-order valence-corrected chi connectivity index (χ4v) is 3.00. The molecule has 19 heavy (non-hydrogen) atoms. The second-order valence-electron chi connectivity index (χ2n) is 5.47. The van der Waals surface area contributed by atoms with Crippen LogP contribution in [-0.4, -0.2) is 17.3 Å². The van der Waals surface area contributed by atoms with Crippen molar-refractivity contribution in [2.45, 2.75) is 44.6 Å². The van der Waals surface area contributed by atoms with Gasteiger partial charge in [0.15, 0.2) is 0 Å². The molecule has 1 fully saturated rings. The highest BCUT2D eigenvalue weighted by Gasteiger charge is 2.45. The molecule has 0 aromatic heterocycles. The Bertz CT molecular complexity index is 419. The molecule has 104 valence electrons. The van der Waals surface area contributed by atoms with E-state index in [1.54, 1.807) is 0 Å². The summed E-state index contributed by atoms with van der Waals surface area (Å²) in [5, 5.41) is 3.17. The van der Waals surface area contributed by atoms with Crippen LogP contribution in [0.2, 0.25) is 0 Å². The highest BCUT2D eigenvalue weighted by Crippen LogP contribution is 2.47. The van der Waals surface area contributed by atoms with Crippen molar-refractivity contribution in [3.8, 4) is 0 Å². The first kappa shape index (κ1) is 14.4. The summed E-state index contributed by atoms with van der Waals surface area (Å²) in [6.07, 6.45) is 2.71. The third-order valence-corrected chi connectivity index (χ3v) is 4.86. The van der Waals surface area contributed by atoms with Crippen LogP contribution in [0.25, 0.3) is 0 Å². The minimum atomic E-state index is -0.234. The van der Waals surface area contributed by atoms with E-state index in [1.807, 2.05) is 18.2 Å². The number of hydrogen-bond acceptors (Lipinski definition) is 1. The summed E-state index contributed by atoms with van der Waals surface area (Å²) in [4.78, 5) is 12.3. The van der Waals surface area contributed by atoms with E-state index in [0.29, 0.717) is 11.8 Å². The van der Waals surface area contributed by atoms with Gasteiger partial charge in [0, 0.05) is 11.8 Å². The normalized spacial score (nSPS) is 22.1. The smallest absolute Gasteiger partial charge is 0.224 e. The maximum Gasteiger partial charge on any atom is 0.224 e. The van der Waals surface area contributed by atoms with Gasteiger partial charge in [0.2, 0.25) is 5.91 Å². The van der Waals surface area contributed by atoms with Gasteiger partial charge < -0.3 is 5.32 Å². The van der Waals surface area contributed by atoms with Crippen LogP contribution in [0.1, 0.15) is 44.6 Å². The number of carbonyl (C=O) groups excluding carboxylic acids is 1. The molecule has 1 aromatic rings. The average molecular weight is 280 g/mol. The molecule has 1 N–H and O–H groups in total. The number of carbonyl (C=O) groups is 1. The summed E-state index contributed by atoms with van der Waals surface area (Å²) in [7, 11) is 0. The minimum absolute atomic E-state index is 0.128. The topological polar surface area (TPSA) is 29.1 Å². The summed E-state index contributed by atoms with van der Waals surface area (Å²) in [5.74, 6) is 1.17. The van der Waals surface area contributed by atoms with Gasteiger partial charge in [0.25, 0.3) is 0 Å². The number of alkyl halides is 1. The van der Waals surface area contributed by atoms with Gasteiger partial charge in [-0.05, 0) is 30.7 Å². The van der Waals surface area contributed by atoms with E-state index in [4.69, 9.17) is 11.6 Å². The molecule has 2 nitrogen and oxygen atoms in total. The van der Waals surface area contributed by atoms with Crippen molar-refractivity contribution in [1.82, 2.24) is 5.32 Å². The van der Waals surface area contributed by atoms with E-state index >= 15 is 0 Å². The first-order chi connectivity index (χ1) is 9.15. The second kappa shape index (κ2) is 5.96. The van der Waals surface area contributed by atoms with Crippen LogP contribution in [0.5, 0.6) is 0 Å². The number of benzene rings is 1. The van der Waals surface area contributed by atoms with Crippen molar-refractivity contribution in [3.63, 3.8) is 0 Å². The van der Waals surface area contributed by atoms with Gasteiger partial charge in [-0.25, -0.2) is 0 Å². The number of amides is 1. The third-order valence-electron chi connectivity index (χ3n) is 4.35. The predicted octanol–water partition coefficient (Wildman–Crippen LogP) is 3.70. The third kappa shape index (κ3) is 3.11. The van der Waals surface area contributed by atoms with E-state index < -0.39 is 0 Å². The predicted molar refractivity (Wildman–Crippen MR) is 79.5 cm³/mol. The van der Waals surface area contributed by atoms with Gasteiger partial charge in [0.05, 0.1) is 5.54 Å². The quantitative estimate of drug-likeness (QED) is 0.791. The molecule has 0 saturated heterocycles. The van der Waals surface area contributed by atoms with Gasteiger partial charge in [-0.3, -0.25) is 4.79 Å². The van der Waals surface area contributed by atoms with Gasteiger partial charge in [-0.1, -0.05) is 44.2 Å². The van der Waals surface area contributed by atoms with Crippen molar-refractivity contribution in [2.24, 2.45) is 5.92 Å².